The average molecular weight is 175 g/mol. The molecule has 1 N–H and O–H groups in total. The van der Waals surface area contributed by atoms with E-state index < -0.39 is 0 Å². The predicted molar refractivity (Wildman–Crippen MR) is 52.1 cm³/mol. The molecule has 13 heavy (non-hydrogen) atoms. The van der Waals surface area contributed by atoms with Crippen molar-refractivity contribution in [2.75, 3.05) is 7.05 Å². The van der Waals surface area contributed by atoms with Crippen molar-refractivity contribution in [1.82, 2.24) is 5.32 Å². The molecule has 1 aromatic carbocycles. The minimum atomic E-state index is 0.553. The number of rotatable bonds is 2. The lowest BCUT2D eigenvalue weighted by Gasteiger charge is -2.04. The smallest absolute Gasteiger partial charge is 0.150 e. The fourth-order valence-electron chi connectivity index (χ4n) is 1.92. The zero-order valence-corrected chi connectivity index (χ0v) is 7.71. The molecule has 0 bridgehead atoms. The molecule has 0 aliphatic heterocycles. The van der Waals surface area contributed by atoms with Crippen LogP contribution in [-0.2, 0) is 12.8 Å². The molecule has 0 amide bonds. The second kappa shape index (κ2) is 3.30. The van der Waals surface area contributed by atoms with Gasteiger partial charge in [0.15, 0.2) is 0 Å². The number of carbonyl (C=O) groups is 1. The second-order valence-corrected chi connectivity index (χ2v) is 3.54. The molecule has 2 heteroatoms. The molecular formula is C11H13NO. The summed E-state index contributed by atoms with van der Waals surface area (Å²) < 4.78 is 0. The van der Waals surface area contributed by atoms with Crippen molar-refractivity contribution in [2.45, 2.75) is 18.9 Å². The van der Waals surface area contributed by atoms with Gasteiger partial charge in [0.2, 0.25) is 0 Å². The molecule has 1 aromatic rings. The lowest BCUT2D eigenvalue weighted by atomic mass is 10.1. The van der Waals surface area contributed by atoms with Crippen molar-refractivity contribution in [2.24, 2.45) is 0 Å². The van der Waals surface area contributed by atoms with Gasteiger partial charge in [0.1, 0.15) is 6.29 Å². The van der Waals surface area contributed by atoms with Crippen molar-refractivity contribution in [3.63, 3.8) is 0 Å². The largest absolute Gasteiger partial charge is 0.316 e. The van der Waals surface area contributed by atoms with E-state index >= 15 is 0 Å². The summed E-state index contributed by atoms with van der Waals surface area (Å²) in [6.07, 6.45) is 3.05. The average Bonchev–Trinajstić information content (AvgIpc) is 2.58. The lowest BCUT2D eigenvalue weighted by Crippen LogP contribution is -2.24. The Morgan fingerprint density at radius 3 is 2.85 bits per heavy atom. The van der Waals surface area contributed by atoms with Crippen LogP contribution in [0.25, 0.3) is 0 Å². The van der Waals surface area contributed by atoms with Crippen molar-refractivity contribution < 1.29 is 4.79 Å². The molecule has 0 unspecified atom stereocenters. The van der Waals surface area contributed by atoms with Crippen molar-refractivity contribution in [1.29, 1.82) is 0 Å². The Hall–Kier alpha value is -1.15. The minimum absolute atomic E-state index is 0.553. The maximum absolute atomic E-state index is 10.5. The summed E-state index contributed by atoms with van der Waals surface area (Å²) in [6, 6.07) is 6.51. The van der Waals surface area contributed by atoms with Gasteiger partial charge in [-0.25, -0.2) is 0 Å². The van der Waals surface area contributed by atoms with E-state index in [1.54, 1.807) is 0 Å². The van der Waals surface area contributed by atoms with Gasteiger partial charge in [-0.15, -0.1) is 0 Å². The third kappa shape index (κ3) is 1.49. The van der Waals surface area contributed by atoms with E-state index in [4.69, 9.17) is 0 Å². The highest BCUT2D eigenvalue weighted by atomic mass is 16.1. The van der Waals surface area contributed by atoms with Crippen LogP contribution in [0.15, 0.2) is 18.2 Å². The first-order valence-corrected chi connectivity index (χ1v) is 4.57. The lowest BCUT2D eigenvalue weighted by molar-refractivity contribution is 0.112. The van der Waals surface area contributed by atoms with Gasteiger partial charge in [0.05, 0.1) is 0 Å². The molecular weight excluding hydrogens is 162 g/mol. The number of hydrogen-bond donors (Lipinski definition) is 1. The standard InChI is InChI=1S/C11H13NO/c1-12-11-5-9-3-2-8(7-13)4-10(9)6-11/h2-4,7,11-12H,5-6H2,1H3/t11-/m1/s1. The molecule has 0 saturated carbocycles. The number of likely N-dealkylation sites (N-methyl/N-ethyl adjacent to an activating group) is 1. The third-order valence-corrected chi connectivity index (χ3v) is 2.71. The number of carbonyl (C=O) groups excluding carboxylic acids is 1. The number of fused-ring (bicyclic) bond motifs is 1. The van der Waals surface area contributed by atoms with Crippen LogP contribution in [0.5, 0.6) is 0 Å². The van der Waals surface area contributed by atoms with E-state index in [0.717, 1.165) is 24.7 Å². The summed E-state index contributed by atoms with van der Waals surface area (Å²) in [5.74, 6) is 0. The van der Waals surface area contributed by atoms with Crippen LogP contribution in [0.3, 0.4) is 0 Å². The number of aldehydes is 1. The highest BCUT2D eigenvalue weighted by Crippen LogP contribution is 2.22. The quantitative estimate of drug-likeness (QED) is 0.684. The predicted octanol–water partition coefficient (Wildman–Crippen LogP) is 1.19. The first-order valence-electron chi connectivity index (χ1n) is 4.57. The van der Waals surface area contributed by atoms with Gasteiger partial charge in [-0.05, 0) is 37.1 Å². The summed E-state index contributed by atoms with van der Waals surface area (Å²) in [7, 11) is 1.98. The maximum Gasteiger partial charge on any atom is 0.150 e. The van der Waals surface area contributed by atoms with Gasteiger partial charge in [-0.2, -0.15) is 0 Å². The molecule has 0 spiro atoms. The van der Waals surface area contributed by atoms with Crippen molar-refractivity contribution in [3.8, 4) is 0 Å². The van der Waals surface area contributed by atoms with Crippen LogP contribution in [-0.4, -0.2) is 19.4 Å². The zero-order chi connectivity index (χ0) is 9.26. The maximum atomic E-state index is 10.5. The van der Waals surface area contributed by atoms with E-state index in [1.165, 1.54) is 11.1 Å². The van der Waals surface area contributed by atoms with Gasteiger partial charge < -0.3 is 5.32 Å². The Morgan fingerprint density at radius 1 is 1.38 bits per heavy atom. The normalized spacial score (nSPS) is 19.9. The van der Waals surface area contributed by atoms with Crippen molar-refractivity contribution >= 4 is 6.29 Å². The monoisotopic (exact) mass is 175 g/mol. The van der Waals surface area contributed by atoms with E-state index in [9.17, 15) is 4.79 Å². The van der Waals surface area contributed by atoms with Gasteiger partial charge in [-0.1, -0.05) is 12.1 Å². The Morgan fingerprint density at radius 2 is 2.15 bits per heavy atom. The van der Waals surface area contributed by atoms with Crippen LogP contribution in [0.1, 0.15) is 21.5 Å². The van der Waals surface area contributed by atoms with Gasteiger partial charge in [0, 0.05) is 11.6 Å². The van der Waals surface area contributed by atoms with Gasteiger partial charge in [-0.3, -0.25) is 4.79 Å². The summed E-state index contributed by atoms with van der Waals surface area (Å²) in [5, 5.41) is 3.26. The molecule has 68 valence electrons. The molecule has 1 aliphatic rings. The van der Waals surface area contributed by atoms with E-state index in [0.29, 0.717) is 6.04 Å². The fourth-order valence-corrected chi connectivity index (χ4v) is 1.92. The first kappa shape index (κ1) is 8.45. The van der Waals surface area contributed by atoms with E-state index in [1.807, 2.05) is 19.2 Å². The highest BCUT2D eigenvalue weighted by molar-refractivity contribution is 5.75. The first-order chi connectivity index (χ1) is 6.33. The van der Waals surface area contributed by atoms with Crippen LogP contribution in [0.4, 0.5) is 0 Å². The van der Waals surface area contributed by atoms with Crippen LogP contribution in [0.2, 0.25) is 0 Å². The molecule has 0 heterocycles. The fraction of sp³-hybridized carbons (Fsp3) is 0.364. The molecule has 2 nitrogen and oxygen atoms in total. The highest BCUT2D eigenvalue weighted by Gasteiger charge is 2.19. The number of benzene rings is 1. The molecule has 1 atom stereocenters. The molecule has 2 rings (SSSR count). The summed E-state index contributed by atoms with van der Waals surface area (Å²) >= 11 is 0. The minimum Gasteiger partial charge on any atom is -0.316 e. The Labute approximate surface area is 78.0 Å². The summed E-state index contributed by atoms with van der Waals surface area (Å²) in [4.78, 5) is 10.5. The molecule has 0 saturated heterocycles. The molecule has 1 aliphatic carbocycles. The summed E-state index contributed by atoms with van der Waals surface area (Å²) in [6.45, 7) is 0. The van der Waals surface area contributed by atoms with E-state index in [2.05, 4.69) is 11.4 Å². The second-order valence-electron chi connectivity index (χ2n) is 3.54. The Bertz CT molecular complexity index is 333. The Balaban J connectivity index is 2.30. The SMILES string of the molecule is CN[C@@H]1Cc2ccc(C=O)cc2C1. The number of nitrogens with one attached hydrogen (secondary N) is 1. The molecule has 0 fully saturated rings. The van der Waals surface area contributed by atoms with Crippen LogP contribution in [0, 0.1) is 0 Å². The third-order valence-electron chi connectivity index (χ3n) is 2.71. The van der Waals surface area contributed by atoms with E-state index in [-0.39, 0.29) is 0 Å². The van der Waals surface area contributed by atoms with Crippen LogP contribution < -0.4 is 5.32 Å². The molecule has 0 aromatic heterocycles. The number of hydrogen-bond acceptors (Lipinski definition) is 2. The van der Waals surface area contributed by atoms with Gasteiger partial charge in [0.25, 0.3) is 0 Å². The Kier molecular flexibility index (Phi) is 2.15. The molecule has 0 radical (unpaired) electrons. The van der Waals surface area contributed by atoms with Crippen molar-refractivity contribution in [3.05, 3.63) is 34.9 Å². The topological polar surface area (TPSA) is 29.1 Å². The van der Waals surface area contributed by atoms with Gasteiger partial charge >= 0.3 is 0 Å². The van der Waals surface area contributed by atoms with Crippen LogP contribution >= 0.6 is 0 Å². The zero-order valence-electron chi connectivity index (χ0n) is 7.71. The summed E-state index contributed by atoms with van der Waals surface area (Å²) in [5.41, 5.74) is 3.49.